The van der Waals surface area contributed by atoms with Gasteiger partial charge in [-0.2, -0.15) is 0 Å². The molecule has 0 saturated heterocycles. The molecular weight excluding hydrogens is 392 g/mol. The Morgan fingerprint density at radius 3 is 2.48 bits per heavy atom. The van der Waals surface area contributed by atoms with E-state index in [2.05, 4.69) is 9.97 Å². The SMILES string of the molecule is N[C@H](Cc1cnc[nH]1)C(=O)CCn1c2c(c3ccccc3c1=O)C(=O)c1ccccc1-2. The van der Waals surface area contributed by atoms with Gasteiger partial charge in [0, 0.05) is 53.2 Å². The Labute approximate surface area is 177 Å². The Bertz CT molecular complexity index is 1390. The number of pyridine rings is 1. The Balaban J connectivity index is 1.55. The Hall–Kier alpha value is -3.84. The zero-order valence-electron chi connectivity index (χ0n) is 16.7. The molecular formula is C24H20N4O3. The van der Waals surface area contributed by atoms with Gasteiger partial charge in [0.2, 0.25) is 0 Å². The smallest absolute Gasteiger partial charge is 0.258 e. The van der Waals surface area contributed by atoms with Crippen LogP contribution in [0.1, 0.15) is 28.0 Å². The predicted molar refractivity (Wildman–Crippen MR) is 117 cm³/mol. The van der Waals surface area contributed by atoms with Crippen LogP contribution in [0.4, 0.5) is 0 Å². The molecule has 2 aromatic carbocycles. The van der Waals surface area contributed by atoms with Gasteiger partial charge in [-0.1, -0.05) is 42.5 Å². The first-order chi connectivity index (χ1) is 15.1. The van der Waals surface area contributed by atoms with Crippen LogP contribution in [0, 0.1) is 0 Å². The van der Waals surface area contributed by atoms with Crippen LogP contribution in [0.3, 0.4) is 0 Å². The van der Waals surface area contributed by atoms with E-state index < -0.39 is 6.04 Å². The molecule has 1 aliphatic carbocycles. The Morgan fingerprint density at radius 2 is 1.74 bits per heavy atom. The van der Waals surface area contributed by atoms with Gasteiger partial charge in [0.25, 0.3) is 5.56 Å². The van der Waals surface area contributed by atoms with Gasteiger partial charge in [-0.25, -0.2) is 4.98 Å². The lowest BCUT2D eigenvalue weighted by Crippen LogP contribution is -2.34. The first-order valence-corrected chi connectivity index (χ1v) is 10.1. The second-order valence-corrected chi connectivity index (χ2v) is 7.70. The third kappa shape index (κ3) is 3.10. The quantitative estimate of drug-likeness (QED) is 0.445. The van der Waals surface area contributed by atoms with Crippen LogP contribution < -0.4 is 11.3 Å². The maximum absolute atomic E-state index is 13.3. The van der Waals surface area contributed by atoms with Gasteiger partial charge in [-0.3, -0.25) is 14.4 Å². The fraction of sp³-hybridized carbons (Fsp3) is 0.167. The molecule has 0 saturated carbocycles. The van der Waals surface area contributed by atoms with Gasteiger partial charge in [0.05, 0.1) is 23.6 Å². The minimum Gasteiger partial charge on any atom is -0.348 e. The number of hydrogen-bond acceptors (Lipinski definition) is 5. The van der Waals surface area contributed by atoms with E-state index in [1.807, 2.05) is 24.3 Å². The van der Waals surface area contributed by atoms with Crippen molar-refractivity contribution in [3.63, 3.8) is 0 Å². The van der Waals surface area contributed by atoms with Crippen LogP contribution in [-0.4, -0.2) is 32.1 Å². The monoisotopic (exact) mass is 412 g/mol. The highest BCUT2D eigenvalue weighted by Crippen LogP contribution is 2.39. The van der Waals surface area contributed by atoms with Gasteiger partial charge < -0.3 is 15.3 Å². The highest BCUT2D eigenvalue weighted by molar-refractivity contribution is 6.26. The van der Waals surface area contributed by atoms with Crippen molar-refractivity contribution in [1.29, 1.82) is 0 Å². The fourth-order valence-electron chi connectivity index (χ4n) is 4.30. The zero-order valence-corrected chi connectivity index (χ0v) is 16.7. The topological polar surface area (TPSA) is 111 Å². The van der Waals surface area contributed by atoms with Gasteiger partial charge in [0.15, 0.2) is 11.6 Å². The summed E-state index contributed by atoms with van der Waals surface area (Å²) in [5.41, 5.74) is 9.04. The summed E-state index contributed by atoms with van der Waals surface area (Å²) < 4.78 is 1.56. The Kier molecular flexibility index (Phi) is 4.60. The van der Waals surface area contributed by atoms with E-state index in [0.717, 1.165) is 11.3 Å². The van der Waals surface area contributed by atoms with Crippen LogP contribution in [0.2, 0.25) is 0 Å². The molecule has 0 fully saturated rings. The van der Waals surface area contributed by atoms with Crippen LogP contribution in [-0.2, 0) is 17.8 Å². The van der Waals surface area contributed by atoms with E-state index in [-0.39, 0.29) is 30.1 Å². The second kappa shape index (κ2) is 7.45. The van der Waals surface area contributed by atoms with Gasteiger partial charge in [-0.05, 0) is 6.07 Å². The molecule has 5 rings (SSSR count). The number of Topliss-reactive ketones (excluding diaryl/α,β-unsaturated/α-hetero) is 1. The van der Waals surface area contributed by atoms with Crippen molar-refractivity contribution in [2.75, 3.05) is 0 Å². The molecule has 0 spiro atoms. The number of carbonyl (C=O) groups excluding carboxylic acids is 2. The first-order valence-electron chi connectivity index (χ1n) is 10.1. The van der Waals surface area contributed by atoms with E-state index in [1.54, 1.807) is 41.4 Å². The average molecular weight is 412 g/mol. The summed E-state index contributed by atoms with van der Waals surface area (Å²) in [6.07, 6.45) is 3.62. The normalized spacial score (nSPS) is 13.3. The summed E-state index contributed by atoms with van der Waals surface area (Å²) in [4.78, 5) is 46.1. The molecule has 7 nitrogen and oxygen atoms in total. The van der Waals surface area contributed by atoms with E-state index in [1.165, 1.54) is 0 Å². The van der Waals surface area contributed by atoms with E-state index in [9.17, 15) is 14.4 Å². The summed E-state index contributed by atoms with van der Waals surface area (Å²) in [6, 6.07) is 13.7. The second-order valence-electron chi connectivity index (χ2n) is 7.70. The van der Waals surface area contributed by atoms with Crippen molar-refractivity contribution in [3.8, 4) is 11.3 Å². The van der Waals surface area contributed by atoms with Crippen molar-refractivity contribution in [2.45, 2.75) is 25.4 Å². The standard InChI is InChI=1S/C24H20N4O3/c25-19(11-14-12-26-13-27-14)20(29)9-10-28-22-16-6-2-3-7-17(16)23(30)21(22)15-5-1-4-8-18(15)24(28)31/h1-8,12-13,19H,9-11,25H2,(H,26,27)/t19-/m1/s1. The van der Waals surface area contributed by atoms with Crippen LogP contribution in [0.15, 0.2) is 65.8 Å². The molecule has 31 heavy (non-hydrogen) atoms. The lowest BCUT2D eigenvalue weighted by atomic mass is 10.0. The molecule has 2 aromatic heterocycles. The van der Waals surface area contributed by atoms with Gasteiger partial charge >= 0.3 is 0 Å². The number of H-pyrrole nitrogens is 1. The number of rotatable bonds is 6. The molecule has 3 N–H and O–H groups in total. The molecule has 1 aliphatic rings. The highest BCUT2D eigenvalue weighted by Gasteiger charge is 2.32. The molecule has 0 aliphatic heterocycles. The van der Waals surface area contributed by atoms with Crippen LogP contribution in [0.25, 0.3) is 22.0 Å². The third-order valence-corrected chi connectivity index (χ3v) is 5.82. The molecule has 4 aromatic rings. The van der Waals surface area contributed by atoms with Crippen molar-refractivity contribution in [1.82, 2.24) is 14.5 Å². The van der Waals surface area contributed by atoms with Gasteiger partial charge in [0.1, 0.15) is 0 Å². The third-order valence-electron chi connectivity index (χ3n) is 5.82. The summed E-state index contributed by atoms with van der Waals surface area (Å²) in [5.74, 6) is -0.251. The number of nitrogens with one attached hydrogen (secondary N) is 1. The highest BCUT2D eigenvalue weighted by atomic mass is 16.1. The number of fused-ring (bicyclic) bond motifs is 5. The molecule has 2 heterocycles. The maximum Gasteiger partial charge on any atom is 0.258 e. The summed E-state index contributed by atoms with van der Waals surface area (Å²) >= 11 is 0. The number of aromatic nitrogens is 3. The average Bonchev–Trinajstić information content (AvgIpc) is 3.40. The predicted octanol–water partition coefficient (Wildman–Crippen LogP) is 2.47. The molecule has 0 unspecified atom stereocenters. The molecule has 7 heteroatoms. The number of ketones is 2. The first kappa shape index (κ1) is 19.1. The molecule has 1 atom stereocenters. The van der Waals surface area contributed by atoms with Crippen LogP contribution >= 0.6 is 0 Å². The summed E-state index contributed by atoms with van der Waals surface area (Å²) in [7, 11) is 0. The number of nitrogens with two attached hydrogens (primary N) is 1. The zero-order chi connectivity index (χ0) is 21.5. The number of imidazole rings is 1. The Morgan fingerprint density at radius 1 is 1.03 bits per heavy atom. The van der Waals surface area contributed by atoms with E-state index >= 15 is 0 Å². The maximum atomic E-state index is 13.3. The minimum absolute atomic E-state index is 0.0936. The van der Waals surface area contributed by atoms with Crippen molar-refractivity contribution in [2.24, 2.45) is 5.73 Å². The molecule has 0 amide bonds. The lowest BCUT2D eigenvalue weighted by Gasteiger charge is -2.16. The van der Waals surface area contributed by atoms with E-state index in [4.69, 9.17) is 5.73 Å². The number of benzene rings is 2. The van der Waals surface area contributed by atoms with Gasteiger partial charge in [-0.15, -0.1) is 0 Å². The summed E-state index contributed by atoms with van der Waals surface area (Å²) in [6.45, 7) is 0.156. The number of aromatic amines is 1. The van der Waals surface area contributed by atoms with Crippen LogP contribution in [0.5, 0.6) is 0 Å². The number of carbonyl (C=O) groups is 2. The lowest BCUT2D eigenvalue weighted by molar-refractivity contribution is -0.120. The van der Waals surface area contributed by atoms with Crippen molar-refractivity contribution < 1.29 is 9.59 Å². The largest absolute Gasteiger partial charge is 0.348 e. The molecule has 154 valence electrons. The molecule has 0 radical (unpaired) electrons. The molecule has 0 bridgehead atoms. The van der Waals surface area contributed by atoms with Crippen molar-refractivity contribution in [3.05, 3.63) is 88.2 Å². The van der Waals surface area contributed by atoms with E-state index in [0.29, 0.717) is 34.0 Å². The number of nitrogens with zero attached hydrogens (tertiary/aromatic N) is 2. The fourth-order valence-corrected chi connectivity index (χ4v) is 4.30. The minimum atomic E-state index is -0.696. The van der Waals surface area contributed by atoms with Crippen molar-refractivity contribution >= 4 is 22.3 Å². The number of hydrogen-bond donors (Lipinski definition) is 2. The summed E-state index contributed by atoms with van der Waals surface area (Å²) in [5, 5.41) is 1.11.